The van der Waals surface area contributed by atoms with Gasteiger partial charge in [-0.15, -0.1) is 0 Å². The molecule has 1 heterocycles. The molecule has 10 nitrogen and oxygen atoms in total. The van der Waals surface area contributed by atoms with Crippen LogP contribution in [-0.2, 0) is 51.5 Å². The lowest BCUT2D eigenvalue weighted by Gasteiger charge is -2.37. The number of hydrogen-bond acceptors (Lipinski definition) is 6. The standard InChI is InChI=1S/C59H57N5O5/c1-58(2,48-25-13-5-14-26-48)43-60-55(65)40-63(38-45-33-35-53(36-34-45)68-41-46-21-9-3-10-22-46)56(66)54(62-57(67)69-42-47-23-11-4-12-24-47)37-52-39-64(44-61-52)59(49-27-15-6-16-28-49,50-29-17-7-18-30-50)51-31-19-8-20-32-51/h3-36,39,44,54H,37-38,40-43H2,1-2H3,(H,60,65)(H,62,67)/t54-/m0/s1. The molecule has 8 aromatic rings. The highest BCUT2D eigenvalue weighted by atomic mass is 16.5. The second-order valence-corrected chi connectivity index (χ2v) is 17.7. The van der Waals surface area contributed by atoms with Crippen molar-refractivity contribution in [2.75, 3.05) is 13.1 Å². The van der Waals surface area contributed by atoms with E-state index in [1.807, 2.05) is 176 Å². The number of amides is 3. The number of hydrogen-bond donors (Lipinski definition) is 2. The van der Waals surface area contributed by atoms with Crippen LogP contribution in [0.5, 0.6) is 5.75 Å². The number of imidazole rings is 1. The van der Waals surface area contributed by atoms with Crippen molar-refractivity contribution in [2.45, 2.75) is 57.0 Å². The second-order valence-electron chi connectivity index (χ2n) is 17.7. The molecule has 0 aliphatic carbocycles. The van der Waals surface area contributed by atoms with Crippen LogP contribution >= 0.6 is 0 Å². The van der Waals surface area contributed by atoms with Gasteiger partial charge in [0.05, 0.1) is 18.6 Å². The first kappa shape index (κ1) is 47.3. The zero-order chi connectivity index (χ0) is 47.9. The lowest BCUT2D eigenvalue weighted by molar-refractivity contribution is -0.138. The average molecular weight is 916 g/mol. The second kappa shape index (κ2) is 22.5. The minimum Gasteiger partial charge on any atom is -0.489 e. The fraction of sp³-hybridized carbons (Fsp3) is 0.186. The summed E-state index contributed by atoms with van der Waals surface area (Å²) in [7, 11) is 0. The quantitative estimate of drug-likeness (QED) is 0.0736. The van der Waals surface area contributed by atoms with E-state index in [-0.39, 0.29) is 37.4 Å². The Hall–Kier alpha value is -8.24. The highest BCUT2D eigenvalue weighted by Crippen LogP contribution is 2.41. The maximum atomic E-state index is 15.2. The molecule has 8 rings (SSSR count). The van der Waals surface area contributed by atoms with Gasteiger partial charge in [0.2, 0.25) is 11.8 Å². The maximum Gasteiger partial charge on any atom is 0.408 e. The number of aromatic nitrogens is 2. The molecule has 0 saturated carbocycles. The Bertz CT molecular complexity index is 2760. The van der Waals surface area contributed by atoms with Gasteiger partial charge in [0, 0.05) is 31.1 Å². The summed E-state index contributed by atoms with van der Waals surface area (Å²) in [6.07, 6.45) is 2.92. The third-order valence-corrected chi connectivity index (χ3v) is 12.3. The third-order valence-electron chi connectivity index (χ3n) is 12.3. The molecule has 0 unspecified atom stereocenters. The minimum absolute atomic E-state index is 0.00201. The topological polar surface area (TPSA) is 115 Å². The molecule has 1 aromatic heterocycles. The van der Waals surface area contributed by atoms with E-state index in [9.17, 15) is 9.59 Å². The van der Waals surface area contributed by atoms with Gasteiger partial charge < -0.3 is 29.6 Å². The minimum atomic E-state index is -1.18. The van der Waals surface area contributed by atoms with E-state index in [1.54, 1.807) is 6.33 Å². The summed E-state index contributed by atoms with van der Waals surface area (Å²) >= 11 is 0. The lowest BCUT2D eigenvalue weighted by atomic mass is 9.77. The van der Waals surface area contributed by atoms with Gasteiger partial charge in [-0.05, 0) is 51.1 Å². The first-order valence-corrected chi connectivity index (χ1v) is 23.2. The van der Waals surface area contributed by atoms with Crippen molar-refractivity contribution in [3.05, 3.63) is 263 Å². The van der Waals surface area contributed by atoms with Crippen molar-refractivity contribution in [2.24, 2.45) is 0 Å². The highest BCUT2D eigenvalue weighted by Gasteiger charge is 2.39. The molecule has 10 heteroatoms. The Morgan fingerprint density at radius 2 is 1.07 bits per heavy atom. The van der Waals surface area contributed by atoms with Gasteiger partial charge >= 0.3 is 6.09 Å². The van der Waals surface area contributed by atoms with Crippen molar-refractivity contribution < 1.29 is 23.9 Å². The zero-order valence-corrected chi connectivity index (χ0v) is 39.0. The molecular formula is C59H57N5O5. The van der Waals surface area contributed by atoms with Crippen molar-refractivity contribution in [1.29, 1.82) is 0 Å². The smallest absolute Gasteiger partial charge is 0.408 e. The van der Waals surface area contributed by atoms with E-state index >= 15 is 4.79 Å². The van der Waals surface area contributed by atoms with Gasteiger partial charge in [0.1, 0.15) is 30.5 Å². The zero-order valence-electron chi connectivity index (χ0n) is 39.0. The van der Waals surface area contributed by atoms with Gasteiger partial charge in [-0.2, -0.15) is 0 Å². The summed E-state index contributed by atoms with van der Waals surface area (Å²) < 4.78 is 13.8. The van der Waals surface area contributed by atoms with E-state index in [1.165, 1.54) is 4.90 Å². The van der Waals surface area contributed by atoms with Crippen LogP contribution in [0.25, 0.3) is 0 Å². The summed E-state index contributed by atoms with van der Waals surface area (Å²) in [5.41, 5.74) is 5.98. The summed E-state index contributed by atoms with van der Waals surface area (Å²) in [6, 6.07) is 66.2. The van der Waals surface area contributed by atoms with Crippen LogP contribution in [0.4, 0.5) is 4.79 Å². The number of nitrogens with zero attached hydrogens (tertiary/aromatic N) is 3. The molecule has 0 radical (unpaired) electrons. The average Bonchev–Trinajstić information content (AvgIpc) is 3.87. The lowest BCUT2D eigenvalue weighted by Crippen LogP contribution is -2.52. The van der Waals surface area contributed by atoms with Gasteiger partial charge in [-0.25, -0.2) is 9.78 Å². The maximum absolute atomic E-state index is 15.2. The van der Waals surface area contributed by atoms with E-state index in [0.717, 1.165) is 38.9 Å². The van der Waals surface area contributed by atoms with Crippen molar-refractivity contribution >= 4 is 17.9 Å². The van der Waals surface area contributed by atoms with Gasteiger partial charge in [-0.3, -0.25) is 9.59 Å². The molecule has 69 heavy (non-hydrogen) atoms. The van der Waals surface area contributed by atoms with Crippen LogP contribution in [0.3, 0.4) is 0 Å². The Morgan fingerprint density at radius 1 is 0.594 bits per heavy atom. The largest absolute Gasteiger partial charge is 0.489 e. The van der Waals surface area contributed by atoms with Gasteiger partial charge in [0.15, 0.2) is 0 Å². The van der Waals surface area contributed by atoms with Crippen LogP contribution in [-0.4, -0.2) is 51.5 Å². The molecule has 0 bridgehead atoms. The van der Waals surface area contributed by atoms with Crippen LogP contribution in [0, 0.1) is 0 Å². The van der Waals surface area contributed by atoms with E-state index in [2.05, 4.69) is 65.4 Å². The molecule has 1 atom stereocenters. The third kappa shape index (κ3) is 12.0. The molecule has 3 amide bonds. The van der Waals surface area contributed by atoms with Gasteiger partial charge in [-0.1, -0.05) is 208 Å². The van der Waals surface area contributed by atoms with Crippen molar-refractivity contribution in [3.8, 4) is 5.75 Å². The van der Waals surface area contributed by atoms with E-state index in [4.69, 9.17) is 14.5 Å². The van der Waals surface area contributed by atoms with Crippen LogP contribution in [0.1, 0.15) is 58.5 Å². The number of benzene rings is 7. The number of nitrogens with one attached hydrogen (secondary N) is 2. The molecule has 0 aliphatic rings. The number of carbonyl (C=O) groups excluding carboxylic acids is 3. The molecule has 0 aliphatic heterocycles. The number of ether oxygens (including phenoxy) is 2. The summed E-state index contributed by atoms with van der Waals surface area (Å²) in [5.74, 6) is -0.165. The van der Waals surface area contributed by atoms with Crippen LogP contribution in [0.15, 0.2) is 219 Å². The number of alkyl carbamates (subject to hydrolysis) is 1. The van der Waals surface area contributed by atoms with Crippen LogP contribution in [0.2, 0.25) is 0 Å². The SMILES string of the molecule is CC(C)(CNC(=O)CN(Cc1ccc(OCc2ccccc2)cc1)C(=O)[C@H](Cc1cn(C(c2ccccc2)(c2ccccc2)c2ccccc2)cn1)NC(=O)OCc1ccccc1)c1ccccc1. The first-order valence-electron chi connectivity index (χ1n) is 23.2. The summed E-state index contributed by atoms with van der Waals surface area (Å²) in [4.78, 5) is 49.4. The monoisotopic (exact) mass is 915 g/mol. The highest BCUT2D eigenvalue weighted by molar-refractivity contribution is 5.90. The van der Waals surface area contributed by atoms with E-state index < -0.39 is 23.6 Å². The van der Waals surface area contributed by atoms with Gasteiger partial charge in [0.25, 0.3) is 0 Å². The molecule has 0 fully saturated rings. The normalized spacial score (nSPS) is 11.8. The first-order chi connectivity index (χ1) is 33.7. The predicted molar refractivity (Wildman–Crippen MR) is 269 cm³/mol. The number of carbonyl (C=O) groups is 3. The van der Waals surface area contributed by atoms with Crippen LogP contribution < -0.4 is 15.4 Å². The van der Waals surface area contributed by atoms with E-state index in [0.29, 0.717) is 24.6 Å². The molecule has 348 valence electrons. The fourth-order valence-electron chi connectivity index (χ4n) is 8.58. The fourth-order valence-corrected chi connectivity index (χ4v) is 8.58. The van der Waals surface area contributed by atoms with Crippen molar-refractivity contribution in [1.82, 2.24) is 25.1 Å². The molecule has 0 saturated heterocycles. The molecule has 7 aromatic carbocycles. The van der Waals surface area contributed by atoms with Crippen molar-refractivity contribution in [3.63, 3.8) is 0 Å². The molecular weight excluding hydrogens is 859 g/mol. The molecule has 0 spiro atoms. The predicted octanol–water partition coefficient (Wildman–Crippen LogP) is 10.3. The Balaban J connectivity index is 1.12. The Morgan fingerprint density at radius 3 is 1.59 bits per heavy atom. The Kier molecular flexibility index (Phi) is 15.4. The summed E-state index contributed by atoms with van der Waals surface area (Å²) in [6.45, 7) is 4.65. The number of rotatable bonds is 20. The Labute approximate surface area is 404 Å². The summed E-state index contributed by atoms with van der Waals surface area (Å²) in [5, 5.41) is 5.97. The molecule has 2 N–H and O–H groups in total.